The van der Waals surface area contributed by atoms with E-state index in [1.165, 1.54) is 11.1 Å². The van der Waals surface area contributed by atoms with Crippen molar-refractivity contribution in [3.05, 3.63) is 34.9 Å². The van der Waals surface area contributed by atoms with Crippen LogP contribution in [0.5, 0.6) is 6.01 Å². The number of nitrogens with one attached hydrogen (secondary N) is 1. The number of piperidine rings is 1. The first-order chi connectivity index (χ1) is 21.8. The van der Waals surface area contributed by atoms with Crippen LogP contribution >= 0.6 is 11.6 Å². The highest BCUT2D eigenvalue weighted by molar-refractivity contribution is 6.33. The fraction of sp³-hybridized carbons (Fsp3) is 0.483. The van der Waals surface area contributed by atoms with Crippen LogP contribution in [-0.4, -0.2) is 101 Å². The Morgan fingerprint density at radius 2 is 2.04 bits per heavy atom. The van der Waals surface area contributed by atoms with Crippen LogP contribution in [0.2, 0.25) is 5.02 Å². The van der Waals surface area contributed by atoms with E-state index in [9.17, 15) is 13.6 Å². The molecule has 3 aromatic heterocycles. The van der Waals surface area contributed by atoms with Gasteiger partial charge < -0.3 is 23.8 Å². The first kappa shape index (κ1) is 29.7. The van der Waals surface area contributed by atoms with Crippen molar-refractivity contribution in [1.29, 1.82) is 0 Å². The molecule has 1 N–H and O–H groups in total. The Morgan fingerprint density at radius 1 is 1.16 bits per heavy atom. The highest BCUT2D eigenvalue weighted by Crippen LogP contribution is 2.40. The molecule has 2 fully saturated rings. The highest BCUT2D eigenvalue weighted by atomic mass is 35.5. The van der Waals surface area contributed by atoms with Crippen LogP contribution in [0.15, 0.2) is 18.5 Å². The lowest BCUT2D eigenvalue weighted by Crippen LogP contribution is -2.44. The van der Waals surface area contributed by atoms with E-state index in [2.05, 4.69) is 25.1 Å². The maximum Gasteiger partial charge on any atom is 0.508 e. The first-order valence-electron chi connectivity index (χ1n) is 14.7. The van der Waals surface area contributed by atoms with Crippen LogP contribution in [0, 0.1) is 5.82 Å². The fourth-order valence-electron chi connectivity index (χ4n) is 6.04. The third-order valence-corrected chi connectivity index (χ3v) is 8.45. The van der Waals surface area contributed by atoms with Crippen LogP contribution in [0.4, 0.5) is 23.8 Å². The summed E-state index contributed by atoms with van der Waals surface area (Å²) in [4.78, 5) is 29.4. The highest BCUT2D eigenvalue weighted by Gasteiger charge is 2.35. The van der Waals surface area contributed by atoms with Crippen molar-refractivity contribution < 1.29 is 36.9 Å². The number of H-pyrrole nitrogens is 1. The molecule has 0 amide bonds. The summed E-state index contributed by atoms with van der Waals surface area (Å²) in [6.45, 7) is 0.610. The van der Waals surface area contributed by atoms with Crippen LogP contribution in [0.1, 0.15) is 24.8 Å². The third kappa shape index (κ3) is 6.03. The predicted octanol–water partition coefficient (Wildman–Crippen LogP) is 4.73. The Kier molecular flexibility index (Phi) is 8.00. The van der Waals surface area contributed by atoms with Gasteiger partial charge in [0.15, 0.2) is 5.82 Å². The summed E-state index contributed by atoms with van der Waals surface area (Å²) in [6.07, 6.45) is 2.29. The summed E-state index contributed by atoms with van der Waals surface area (Å²) in [5.74, 6) is -3.31. The van der Waals surface area contributed by atoms with Gasteiger partial charge in [-0.05, 0) is 30.9 Å². The molecule has 0 saturated carbocycles. The van der Waals surface area contributed by atoms with Gasteiger partial charge in [-0.15, -0.1) is 0 Å². The fourth-order valence-corrected chi connectivity index (χ4v) is 6.34. The SMILES string of the molecule is O=C1OCCCc2c(Cl)cc3[nH]ncc3c2-c2ncc3c(nc(OCN4CCCC(F)(F)C4)nc3c2F)N2CCOC[C@H](C2)O1. The van der Waals surface area contributed by atoms with Gasteiger partial charge in [-0.3, -0.25) is 15.0 Å². The minimum Gasteiger partial charge on any atom is -0.447 e. The number of hydrogen-bond acceptors (Lipinski definition) is 11. The number of nitrogens with zero attached hydrogens (tertiary/aromatic N) is 6. The third-order valence-electron chi connectivity index (χ3n) is 8.11. The molecular weight excluding hydrogens is 619 g/mol. The number of anilines is 1. The number of rotatable bonds is 3. The molecule has 0 spiro atoms. The lowest BCUT2D eigenvalue weighted by Gasteiger charge is -2.31. The standard InChI is InChI=1S/C29H29ClF3N7O5/c30-20-9-21-18(11-35-38-21)22-17(20)3-1-7-43-28(41)45-16-12-40(6-8-42-13-16)26-19-10-34-25(22)23(31)24(19)36-27(37-26)44-15-39-5-2-4-29(32,33)14-39/h9-11,16H,1-8,12-15H2,(H,35,38)/t16-/m0/s1. The summed E-state index contributed by atoms with van der Waals surface area (Å²) in [5, 5.41) is 8.21. The van der Waals surface area contributed by atoms with E-state index in [0.717, 1.165) is 0 Å². The Morgan fingerprint density at radius 3 is 2.91 bits per heavy atom. The zero-order valence-corrected chi connectivity index (χ0v) is 24.8. The Bertz CT molecular complexity index is 1760. The van der Waals surface area contributed by atoms with Gasteiger partial charge >= 0.3 is 12.2 Å². The zero-order chi connectivity index (χ0) is 31.1. The van der Waals surface area contributed by atoms with E-state index in [1.807, 2.05) is 0 Å². The van der Waals surface area contributed by atoms with Gasteiger partial charge in [0.25, 0.3) is 5.92 Å². The Balaban J connectivity index is 1.39. The summed E-state index contributed by atoms with van der Waals surface area (Å²) in [6, 6.07) is 1.49. The molecule has 4 aromatic rings. The molecule has 0 radical (unpaired) electrons. The number of carbonyl (C=O) groups is 1. The van der Waals surface area contributed by atoms with E-state index < -0.39 is 30.5 Å². The minimum absolute atomic E-state index is 0.0119. The second kappa shape index (κ2) is 12.1. The number of hydrogen-bond donors (Lipinski definition) is 1. The average molecular weight is 648 g/mol. The number of alkyl halides is 2. The molecule has 1 aromatic carbocycles. The molecule has 238 valence electrons. The normalized spacial score (nSPS) is 21.0. The van der Waals surface area contributed by atoms with Crippen molar-refractivity contribution >= 4 is 45.4 Å². The number of pyridine rings is 1. The van der Waals surface area contributed by atoms with Crippen LogP contribution in [0.25, 0.3) is 33.1 Å². The van der Waals surface area contributed by atoms with Crippen LogP contribution in [-0.2, 0) is 20.6 Å². The number of likely N-dealkylation sites (tertiary alicyclic amines) is 1. The predicted molar refractivity (Wildman–Crippen MR) is 156 cm³/mol. The Hall–Kier alpha value is -3.95. The van der Waals surface area contributed by atoms with E-state index in [1.54, 1.807) is 17.2 Å². The maximum absolute atomic E-state index is 16.8. The molecule has 2 saturated heterocycles. The van der Waals surface area contributed by atoms with Gasteiger partial charge in [0.2, 0.25) is 0 Å². The largest absolute Gasteiger partial charge is 0.508 e. The quantitative estimate of drug-likeness (QED) is 0.310. The minimum atomic E-state index is -2.83. The number of carbonyl (C=O) groups excluding carboxylic acids is 1. The van der Waals surface area contributed by atoms with Gasteiger partial charge in [-0.2, -0.15) is 15.1 Å². The van der Waals surface area contributed by atoms with Crippen molar-refractivity contribution in [3.8, 4) is 17.3 Å². The number of fused-ring (bicyclic) bond motifs is 7. The molecular formula is C29H29ClF3N7O5. The van der Waals surface area contributed by atoms with Gasteiger partial charge in [0.1, 0.15) is 29.9 Å². The number of halogens is 4. The number of ether oxygens (including phenoxy) is 4. The second-order valence-corrected chi connectivity index (χ2v) is 11.7. The molecule has 0 unspecified atom stereocenters. The van der Waals surface area contributed by atoms with E-state index in [0.29, 0.717) is 59.4 Å². The van der Waals surface area contributed by atoms with Gasteiger partial charge in [0.05, 0.1) is 50.0 Å². The smallest absolute Gasteiger partial charge is 0.447 e. The van der Waals surface area contributed by atoms with E-state index >= 15 is 4.39 Å². The van der Waals surface area contributed by atoms with Crippen LogP contribution < -0.4 is 9.64 Å². The van der Waals surface area contributed by atoms with Crippen molar-refractivity contribution in [2.24, 2.45) is 0 Å². The molecule has 4 aliphatic heterocycles. The van der Waals surface area contributed by atoms with Crippen molar-refractivity contribution in [3.63, 3.8) is 0 Å². The number of aromatic amines is 1. The number of benzene rings is 1. The topological polar surface area (TPSA) is 128 Å². The Labute approximate surface area is 259 Å². The molecule has 8 rings (SSSR count). The second-order valence-electron chi connectivity index (χ2n) is 11.3. The monoisotopic (exact) mass is 647 g/mol. The maximum atomic E-state index is 16.8. The molecule has 1 atom stereocenters. The lowest BCUT2D eigenvalue weighted by atomic mass is 9.95. The molecule has 6 bridgehead atoms. The average Bonchev–Trinajstić information content (AvgIpc) is 3.34. The first-order valence-corrected chi connectivity index (χ1v) is 15.0. The van der Waals surface area contributed by atoms with Gasteiger partial charge in [0, 0.05) is 41.7 Å². The lowest BCUT2D eigenvalue weighted by molar-refractivity contribution is -0.0798. The number of aromatic nitrogens is 5. The van der Waals surface area contributed by atoms with Crippen molar-refractivity contribution in [1.82, 2.24) is 30.0 Å². The summed E-state index contributed by atoms with van der Waals surface area (Å²) < 4.78 is 67.3. The van der Waals surface area contributed by atoms with Gasteiger partial charge in [-0.1, -0.05) is 11.6 Å². The van der Waals surface area contributed by atoms with Gasteiger partial charge in [-0.25, -0.2) is 18.0 Å². The zero-order valence-electron chi connectivity index (χ0n) is 24.0. The van der Waals surface area contributed by atoms with Crippen molar-refractivity contribution in [2.45, 2.75) is 37.7 Å². The molecule has 45 heavy (non-hydrogen) atoms. The van der Waals surface area contributed by atoms with Crippen molar-refractivity contribution in [2.75, 3.05) is 57.6 Å². The molecule has 16 heteroatoms. The van der Waals surface area contributed by atoms with E-state index in [4.69, 9.17) is 30.5 Å². The molecule has 4 aliphatic rings. The van der Waals surface area contributed by atoms with E-state index in [-0.39, 0.29) is 67.9 Å². The summed E-state index contributed by atoms with van der Waals surface area (Å²) >= 11 is 6.70. The molecule has 7 heterocycles. The van der Waals surface area contributed by atoms with Crippen LogP contribution in [0.3, 0.4) is 0 Å². The summed E-state index contributed by atoms with van der Waals surface area (Å²) in [7, 11) is 0. The summed E-state index contributed by atoms with van der Waals surface area (Å²) in [5.41, 5.74) is 1.49. The molecule has 0 aliphatic carbocycles. The molecule has 12 nitrogen and oxygen atoms in total.